The molecular formula is C34H29Cl2Zr-. The summed E-state index contributed by atoms with van der Waals surface area (Å²) >= 11 is 1.46. The number of allylic oxidation sites excluding steroid dienone is 4. The standard InChI is InChI=1S/C21H19.C13H10.2ClH.Zr/c1-13-7-6-10-17-12-19-18(20(13)17)11-14(2)15(3)21(19)16-8-4-5-9-16;1-3-7-12(8-4-1)11-13-9-5-2-6-10-13;;;/h4-8,10-12H,9H2,1-3H3;1-10H;2*1H;/q-1;;;;+2/p-2. The van der Waals surface area contributed by atoms with Crippen LogP contribution in [0.3, 0.4) is 0 Å². The van der Waals surface area contributed by atoms with Crippen LogP contribution in [0.5, 0.6) is 0 Å². The fourth-order valence-corrected chi connectivity index (χ4v) is 5.87. The molecule has 0 saturated heterocycles. The van der Waals surface area contributed by atoms with Gasteiger partial charge in [-0.05, 0) is 27.2 Å². The Balaban J connectivity index is 0.000000210. The van der Waals surface area contributed by atoms with E-state index in [1.165, 1.54) is 87.9 Å². The summed E-state index contributed by atoms with van der Waals surface area (Å²) in [5, 5.41) is 5.61. The van der Waals surface area contributed by atoms with E-state index in [0.717, 1.165) is 6.42 Å². The summed E-state index contributed by atoms with van der Waals surface area (Å²) in [6.45, 7) is 6.71. The number of benzene rings is 4. The number of fused-ring (bicyclic) bond motifs is 3. The molecule has 0 nitrogen and oxygen atoms in total. The second-order valence-electron chi connectivity index (χ2n) is 9.27. The summed E-state index contributed by atoms with van der Waals surface area (Å²) in [5.41, 5.74) is 9.75. The molecule has 0 aliphatic heterocycles. The van der Waals surface area contributed by atoms with Crippen molar-refractivity contribution in [3.8, 4) is 0 Å². The Morgan fingerprint density at radius 3 is 1.95 bits per heavy atom. The van der Waals surface area contributed by atoms with Gasteiger partial charge in [-0.1, -0.05) is 64.3 Å². The third kappa shape index (κ3) is 6.01. The van der Waals surface area contributed by atoms with Crippen LogP contribution in [0.2, 0.25) is 0 Å². The summed E-state index contributed by atoms with van der Waals surface area (Å²) in [5.74, 6) is 0. The number of halogens is 2. The van der Waals surface area contributed by atoms with E-state index in [0.29, 0.717) is 0 Å². The minimum absolute atomic E-state index is 0. The monoisotopic (exact) mass is 597 g/mol. The van der Waals surface area contributed by atoms with Gasteiger partial charge in [0.2, 0.25) is 0 Å². The van der Waals surface area contributed by atoms with Gasteiger partial charge in [-0.2, -0.15) is 0 Å². The van der Waals surface area contributed by atoms with Crippen LogP contribution in [-0.2, 0) is 24.2 Å². The molecule has 3 heteroatoms. The first-order chi connectivity index (χ1) is 17.0. The van der Waals surface area contributed by atoms with E-state index in [-0.39, 0.29) is 24.8 Å². The van der Waals surface area contributed by atoms with Crippen molar-refractivity contribution in [3.05, 3.63) is 143 Å². The molecule has 1 aliphatic carbocycles. The third-order valence-electron chi connectivity index (χ3n) is 6.98. The molecule has 0 amide bonds. The molecule has 0 atom stereocenters. The van der Waals surface area contributed by atoms with Gasteiger partial charge < -0.3 is 24.8 Å². The predicted molar refractivity (Wildman–Crippen MR) is 149 cm³/mol. The topological polar surface area (TPSA) is 0 Å². The summed E-state index contributed by atoms with van der Waals surface area (Å²) in [4.78, 5) is 0. The van der Waals surface area contributed by atoms with Crippen LogP contribution in [-0.4, -0.2) is 3.21 Å². The van der Waals surface area contributed by atoms with Gasteiger partial charge in [-0.15, -0.1) is 33.7 Å². The molecule has 1 aliphatic rings. The fourth-order valence-electron chi connectivity index (χ4n) is 5.05. The van der Waals surface area contributed by atoms with Gasteiger partial charge in [-0.25, -0.2) is 0 Å². The summed E-state index contributed by atoms with van der Waals surface area (Å²) in [7, 11) is 0. The molecule has 0 N–H and O–H groups in total. The first-order valence-electron chi connectivity index (χ1n) is 12.2. The molecule has 5 aromatic rings. The third-order valence-corrected chi connectivity index (χ3v) is 8.40. The molecule has 0 unspecified atom stereocenters. The Morgan fingerprint density at radius 2 is 1.38 bits per heavy atom. The second kappa shape index (κ2) is 12.9. The van der Waals surface area contributed by atoms with E-state index >= 15 is 0 Å². The zero-order chi connectivity index (χ0) is 24.4. The van der Waals surface area contributed by atoms with Crippen LogP contribution in [0.4, 0.5) is 0 Å². The molecule has 0 spiro atoms. The molecule has 0 radical (unpaired) electrons. The van der Waals surface area contributed by atoms with Crippen LogP contribution in [0.25, 0.3) is 27.1 Å². The molecule has 6 rings (SSSR count). The van der Waals surface area contributed by atoms with Gasteiger partial charge in [-0.3, -0.25) is 0 Å². The van der Waals surface area contributed by atoms with Crippen molar-refractivity contribution in [2.75, 3.05) is 0 Å². The van der Waals surface area contributed by atoms with Crippen molar-refractivity contribution in [1.82, 2.24) is 0 Å². The molecule has 184 valence electrons. The van der Waals surface area contributed by atoms with Gasteiger partial charge in [0.25, 0.3) is 0 Å². The van der Waals surface area contributed by atoms with Crippen molar-refractivity contribution in [3.63, 3.8) is 0 Å². The molecule has 0 saturated carbocycles. The summed E-state index contributed by atoms with van der Waals surface area (Å²) in [6, 6.07) is 32.5. The molecule has 37 heavy (non-hydrogen) atoms. The molecule has 0 heterocycles. The van der Waals surface area contributed by atoms with E-state index in [1.807, 2.05) is 0 Å². The van der Waals surface area contributed by atoms with Gasteiger partial charge in [0.1, 0.15) is 0 Å². The number of hydrogen-bond acceptors (Lipinski definition) is 0. The Kier molecular flexibility index (Phi) is 10.1. The van der Waals surface area contributed by atoms with E-state index in [1.54, 1.807) is 0 Å². The van der Waals surface area contributed by atoms with Crippen LogP contribution >= 0.6 is 0 Å². The molecule has 0 aromatic heterocycles. The van der Waals surface area contributed by atoms with E-state index in [4.69, 9.17) is 0 Å². The number of aryl methyl sites for hydroxylation is 2. The summed E-state index contributed by atoms with van der Waals surface area (Å²) in [6.07, 6.45) is 7.75. The van der Waals surface area contributed by atoms with Crippen LogP contribution in [0.15, 0.2) is 109 Å². The van der Waals surface area contributed by atoms with E-state index in [2.05, 4.69) is 130 Å². The van der Waals surface area contributed by atoms with Crippen molar-refractivity contribution >= 4 is 30.3 Å². The van der Waals surface area contributed by atoms with Crippen LogP contribution in [0, 0.1) is 20.8 Å². The van der Waals surface area contributed by atoms with Crippen LogP contribution in [0.1, 0.15) is 39.8 Å². The molecular weight excluding hydrogens is 571 g/mol. The predicted octanol–water partition coefficient (Wildman–Crippen LogP) is 2.79. The van der Waals surface area contributed by atoms with Crippen molar-refractivity contribution < 1.29 is 49.0 Å². The van der Waals surface area contributed by atoms with Gasteiger partial charge >= 0.3 is 99.2 Å². The maximum atomic E-state index is 2.37. The van der Waals surface area contributed by atoms with Crippen molar-refractivity contribution in [2.45, 2.75) is 27.2 Å². The summed E-state index contributed by atoms with van der Waals surface area (Å²) < 4.78 is 1.42. The van der Waals surface area contributed by atoms with Gasteiger partial charge in [0.15, 0.2) is 0 Å². The zero-order valence-electron chi connectivity index (χ0n) is 21.4. The molecule has 0 fully saturated rings. The Hall–Kier alpha value is -2.44. The minimum atomic E-state index is 0. The normalized spacial score (nSPS) is 11.9. The number of hydrogen-bond donors (Lipinski definition) is 0. The first-order valence-corrected chi connectivity index (χ1v) is 13.4. The quantitative estimate of drug-likeness (QED) is 0.280. The Labute approximate surface area is 247 Å². The maximum absolute atomic E-state index is 2.37. The second-order valence-corrected chi connectivity index (χ2v) is 10.5. The van der Waals surface area contributed by atoms with E-state index < -0.39 is 0 Å². The zero-order valence-corrected chi connectivity index (χ0v) is 25.3. The van der Waals surface area contributed by atoms with Gasteiger partial charge in [0, 0.05) is 0 Å². The average molecular weight is 600 g/mol. The number of rotatable bonds is 3. The molecule has 5 aromatic carbocycles. The van der Waals surface area contributed by atoms with Crippen LogP contribution < -0.4 is 24.8 Å². The van der Waals surface area contributed by atoms with Crippen molar-refractivity contribution in [2.24, 2.45) is 0 Å². The molecule has 0 bridgehead atoms. The fraction of sp³-hybridized carbons (Fsp3) is 0.118. The van der Waals surface area contributed by atoms with Crippen molar-refractivity contribution in [1.29, 1.82) is 0 Å². The van der Waals surface area contributed by atoms with E-state index in [9.17, 15) is 0 Å². The van der Waals surface area contributed by atoms with Gasteiger partial charge in [0.05, 0.1) is 0 Å². The first kappa shape index (κ1) is 29.1. The Bertz CT molecular complexity index is 1550. The average Bonchev–Trinajstić information content (AvgIpc) is 3.55. The SMILES string of the molecule is Cc1cc2c([cH-]c3cccc(C)c32)c(C2=CC=CC2)c1C.[Cl-].[Cl-].[Zr+2]=[C](c1ccccc1)c1ccccc1. The Morgan fingerprint density at radius 1 is 0.757 bits per heavy atom.